The molecular formula is C14H22N2O4. The van der Waals surface area contributed by atoms with Gasteiger partial charge in [0.15, 0.2) is 11.5 Å². The smallest absolute Gasteiger partial charge is 0.234 e. The molecule has 0 bridgehead atoms. The maximum Gasteiger partial charge on any atom is 0.234 e. The number of amides is 1. The minimum Gasteiger partial charge on any atom is -0.493 e. The van der Waals surface area contributed by atoms with Crippen molar-refractivity contribution in [3.63, 3.8) is 0 Å². The number of carbonyl (C=O) groups is 1. The molecule has 0 unspecified atom stereocenters. The van der Waals surface area contributed by atoms with Crippen molar-refractivity contribution in [2.75, 3.05) is 41.0 Å². The highest BCUT2D eigenvalue weighted by Crippen LogP contribution is 2.30. The summed E-state index contributed by atoms with van der Waals surface area (Å²) in [6.07, 6.45) is 0. The zero-order valence-corrected chi connectivity index (χ0v) is 12.2. The molecular weight excluding hydrogens is 260 g/mol. The van der Waals surface area contributed by atoms with E-state index in [-0.39, 0.29) is 12.5 Å². The first-order valence-electron chi connectivity index (χ1n) is 6.39. The van der Waals surface area contributed by atoms with Crippen LogP contribution in [-0.2, 0) is 16.1 Å². The van der Waals surface area contributed by atoms with Crippen LogP contribution in [0.5, 0.6) is 11.5 Å². The predicted octanol–water partition coefficient (Wildman–Crippen LogP) is 0.556. The maximum absolute atomic E-state index is 11.5. The molecule has 6 heteroatoms. The van der Waals surface area contributed by atoms with Crippen molar-refractivity contribution in [3.05, 3.63) is 23.8 Å². The summed E-state index contributed by atoms with van der Waals surface area (Å²) in [5, 5.41) is 5.80. The summed E-state index contributed by atoms with van der Waals surface area (Å²) in [5.41, 5.74) is 0.941. The molecule has 0 saturated carbocycles. The first kappa shape index (κ1) is 16.3. The second kappa shape index (κ2) is 9.17. The van der Waals surface area contributed by atoms with Crippen molar-refractivity contribution in [1.29, 1.82) is 0 Å². The molecule has 6 nitrogen and oxygen atoms in total. The van der Waals surface area contributed by atoms with E-state index in [9.17, 15) is 4.79 Å². The van der Waals surface area contributed by atoms with Crippen LogP contribution in [0.4, 0.5) is 0 Å². The molecule has 0 radical (unpaired) electrons. The first-order valence-corrected chi connectivity index (χ1v) is 6.39. The van der Waals surface area contributed by atoms with Gasteiger partial charge in [0.05, 0.1) is 27.4 Å². The molecule has 1 rings (SSSR count). The predicted molar refractivity (Wildman–Crippen MR) is 76.1 cm³/mol. The van der Waals surface area contributed by atoms with Gasteiger partial charge in [-0.05, 0) is 6.07 Å². The van der Waals surface area contributed by atoms with Gasteiger partial charge in [-0.1, -0.05) is 12.1 Å². The Bertz CT molecular complexity index is 424. The van der Waals surface area contributed by atoms with E-state index in [4.69, 9.17) is 14.2 Å². The van der Waals surface area contributed by atoms with E-state index in [1.54, 1.807) is 21.3 Å². The number of carbonyl (C=O) groups excluding carboxylic acids is 1. The van der Waals surface area contributed by atoms with E-state index < -0.39 is 0 Å². The minimum atomic E-state index is -0.0658. The van der Waals surface area contributed by atoms with E-state index in [1.807, 2.05) is 18.2 Å². The van der Waals surface area contributed by atoms with E-state index in [2.05, 4.69) is 10.6 Å². The van der Waals surface area contributed by atoms with Gasteiger partial charge in [-0.3, -0.25) is 4.79 Å². The van der Waals surface area contributed by atoms with Crippen molar-refractivity contribution in [2.24, 2.45) is 0 Å². The van der Waals surface area contributed by atoms with Crippen LogP contribution in [0.15, 0.2) is 18.2 Å². The van der Waals surface area contributed by atoms with Gasteiger partial charge in [0, 0.05) is 25.8 Å². The van der Waals surface area contributed by atoms with E-state index in [0.717, 1.165) is 5.56 Å². The van der Waals surface area contributed by atoms with Crippen LogP contribution in [0.2, 0.25) is 0 Å². The third-order valence-corrected chi connectivity index (χ3v) is 2.71. The Labute approximate surface area is 119 Å². The molecule has 2 N–H and O–H groups in total. The summed E-state index contributed by atoms with van der Waals surface area (Å²) in [7, 11) is 4.79. The van der Waals surface area contributed by atoms with Gasteiger partial charge < -0.3 is 24.8 Å². The second-order valence-electron chi connectivity index (χ2n) is 4.10. The van der Waals surface area contributed by atoms with Gasteiger partial charge in [0.1, 0.15) is 0 Å². The van der Waals surface area contributed by atoms with E-state index >= 15 is 0 Å². The molecule has 0 aliphatic heterocycles. The number of ether oxygens (including phenoxy) is 3. The standard InChI is InChI=1S/C14H22N2O4/c1-18-8-7-16-13(17)10-15-9-11-5-4-6-12(19-2)14(11)20-3/h4-6,15H,7-10H2,1-3H3,(H,16,17). The van der Waals surface area contributed by atoms with Crippen LogP contribution in [0.3, 0.4) is 0 Å². The Morgan fingerprint density at radius 2 is 2.00 bits per heavy atom. The molecule has 0 atom stereocenters. The third kappa shape index (κ3) is 5.07. The molecule has 112 valence electrons. The van der Waals surface area contributed by atoms with Crippen LogP contribution < -0.4 is 20.1 Å². The molecule has 1 aromatic carbocycles. The molecule has 0 saturated heterocycles. The Hall–Kier alpha value is -1.79. The monoisotopic (exact) mass is 282 g/mol. The van der Waals surface area contributed by atoms with Crippen LogP contribution >= 0.6 is 0 Å². The normalized spacial score (nSPS) is 10.2. The second-order valence-corrected chi connectivity index (χ2v) is 4.10. The van der Waals surface area contributed by atoms with Crippen LogP contribution in [0.1, 0.15) is 5.56 Å². The fourth-order valence-electron chi connectivity index (χ4n) is 1.76. The Kier molecular flexibility index (Phi) is 7.46. The number of benzene rings is 1. The van der Waals surface area contributed by atoms with Crippen LogP contribution in [0.25, 0.3) is 0 Å². The van der Waals surface area contributed by atoms with Crippen molar-refractivity contribution in [1.82, 2.24) is 10.6 Å². The van der Waals surface area contributed by atoms with Gasteiger partial charge in [-0.15, -0.1) is 0 Å². The zero-order chi connectivity index (χ0) is 14.8. The molecule has 1 aromatic rings. The van der Waals surface area contributed by atoms with Gasteiger partial charge in [-0.25, -0.2) is 0 Å². The summed E-state index contributed by atoms with van der Waals surface area (Å²) >= 11 is 0. The molecule has 0 aliphatic rings. The highest BCUT2D eigenvalue weighted by atomic mass is 16.5. The largest absolute Gasteiger partial charge is 0.493 e. The fraction of sp³-hybridized carbons (Fsp3) is 0.500. The lowest BCUT2D eigenvalue weighted by molar-refractivity contribution is -0.120. The number of para-hydroxylation sites is 1. The molecule has 20 heavy (non-hydrogen) atoms. The molecule has 0 heterocycles. The number of hydrogen-bond acceptors (Lipinski definition) is 5. The highest BCUT2D eigenvalue weighted by Gasteiger charge is 2.09. The molecule has 0 aromatic heterocycles. The van der Waals surface area contributed by atoms with E-state index in [0.29, 0.717) is 31.2 Å². The highest BCUT2D eigenvalue weighted by molar-refractivity contribution is 5.77. The summed E-state index contributed by atoms with van der Waals surface area (Å²) in [6.45, 7) is 1.79. The van der Waals surface area contributed by atoms with Gasteiger partial charge in [-0.2, -0.15) is 0 Å². The number of nitrogens with one attached hydrogen (secondary N) is 2. The zero-order valence-electron chi connectivity index (χ0n) is 12.2. The van der Waals surface area contributed by atoms with Crippen molar-refractivity contribution in [3.8, 4) is 11.5 Å². The maximum atomic E-state index is 11.5. The Balaban J connectivity index is 2.44. The fourth-order valence-corrected chi connectivity index (χ4v) is 1.76. The van der Waals surface area contributed by atoms with Crippen LogP contribution in [-0.4, -0.2) is 46.9 Å². The van der Waals surface area contributed by atoms with E-state index in [1.165, 1.54) is 0 Å². The summed E-state index contributed by atoms with van der Waals surface area (Å²) < 4.78 is 15.4. The first-order chi connectivity index (χ1) is 9.72. The van der Waals surface area contributed by atoms with Crippen molar-refractivity contribution in [2.45, 2.75) is 6.54 Å². The number of rotatable bonds is 9. The van der Waals surface area contributed by atoms with Crippen molar-refractivity contribution >= 4 is 5.91 Å². The Morgan fingerprint density at radius 3 is 2.65 bits per heavy atom. The van der Waals surface area contributed by atoms with Gasteiger partial charge >= 0.3 is 0 Å². The van der Waals surface area contributed by atoms with Gasteiger partial charge in [0.2, 0.25) is 5.91 Å². The molecule has 1 amide bonds. The summed E-state index contributed by atoms with van der Waals surface area (Å²) in [6, 6.07) is 5.65. The number of hydrogen-bond donors (Lipinski definition) is 2. The summed E-state index contributed by atoms with van der Waals surface area (Å²) in [4.78, 5) is 11.5. The Morgan fingerprint density at radius 1 is 1.20 bits per heavy atom. The van der Waals surface area contributed by atoms with Crippen LogP contribution in [0, 0.1) is 0 Å². The topological polar surface area (TPSA) is 68.8 Å². The average molecular weight is 282 g/mol. The summed E-state index contributed by atoms with van der Waals surface area (Å²) in [5.74, 6) is 1.29. The third-order valence-electron chi connectivity index (χ3n) is 2.71. The molecule has 0 fully saturated rings. The molecule has 0 spiro atoms. The van der Waals surface area contributed by atoms with Gasteiger partial charge in [0.25, 0.3) is 0 Å². The SMILES string of the molecule is COCCNC(=O)CNCc1cccc(OC)c1OC. The lowest BCUT2D eigenvalue weighted by Crippen LogP contribution is -2.35. The minimum absolute atomic E-state index is 0.0658. The number of methoxy groups -OCH3 is 3. The quantitative estimate of drug-likeness (QED) is 0.648. The van der Waals surface area contributed by atoms with Crippen molar-refractivity contribution < 1.29 is 19.0 Å². The molecule has 0 aliphatic carbocycles. The lowest BCUT2D eigenvalue weighted by Gasteiger charge is -2.13. The average Bonchev–Trinajstić information content (AvgIpc) is 2.47. The lowest BCUT2D eigenvalue weighted by atomic mass is 10.2.